The van der Waals surface area contributed by atoms with Gasteiger partial charge in [0.2, 0.25) is 0 Å². The van der Waals surface area contributed by atoms with Crippen LogP contribution in [-0.2, 0) is 0 Å². The molecule has 1 aliphatic heterocycles. The van der Waals surface area contributed by atoms with Crippen molar-refractivity contribution in [1.82, 2.24) is 15.5 Å². The number of hydrogen-bond acceptors (Lipinski definition) is 2. The number of nitrogens with one attached hydrogen (secondary N) is 2. The lowest BCUT2D eigenvalue weighted by Crippen LogP contribution is -2.39. The molecule has 2 N–H and O–H groups in total. The van der Waals surface area contributed by atoms with E-state index >= 15 is 0 Å². The van der Waals surface area contributed by atoms with Gasteiger partial charge in [-0.05, 0) is 25.8 Å². The Labute approximate surface area is 131 Å². The van der Waals surface area contributed by atoms with E-state index in [-0.39, 0.29) is 25.0 Å². The van der Waals surface area contributed by atoms with Gasteiger partial charge in [0.1, 0.15) is 0 Å². The fourth-order valence-corrected chi connectivity index (χ4v) is 2.34. The average molecular weight is 348 g/mol. The lowest BCUT2D eigenvalue weighted by Gasteiger charge is -2.17. The zero-order chi connectivity index (χ0) is 17.5. The minimum absolute atomic E-state index is 0.0181. The Bertz CT molecular complexity index is 380. The molecule has 1 fully saturated rings. The van der Waals surface area contributed by atoms with Gasteiger partial charge in [-0.2, -0.15) is 26.3 Å². The molecule has 0 saturated carbocycles. The van der Waals surface area contributed by atoms with E-state index in [2.05, 4.69) is 15.6 Å². The van der Waals surface area contributed by atoms with Gasteiger partial charge >= 0.3 is 12.4 Å². The van der Waals surface area contributed by atoms with Crippen LogP contribution in [0.2, 0.25) is 0 Å². The minimum atomic E-state index is -4.24. The maximum Gasteiger partial charge on any atom is 0.401 e. The molecule has 136 valence electrons. The van der Waals surface area contributed by atoms with Gasteiger partial charge in [-0.25, -0.2) is 0 Å². The molecule has 4 nitrogen and oxygen atoms in total. The van der Waals surface area contributed by atoms with Gasteiger partial charge in [0, 0.05) is 26.2 Å². The summed E-state index contributed by atoms with van der Waals surface area (Å²) in [6, 6.07) is 0. The van der Waals surface area contributed by atoms with Crippen LogP contribution in [0.4, 0.5) is 26.3 Å². The Morgan fingerprint density at radius 2 is 1.83 bits per heavy atom. The van der Waals surface area contributed by atoms with Crippen molar-refractivity contribution in [2.75, 3.05) is 39.3 Å². The summed E-state index contributed by atoms with van der Waals surface area (Å²) in [6.45, 7) is 1.99. The molecule has 1 aliphatic rings. The third-order valence-corrected chi connectivity index (χ3v) is 3.33. The summed E-state index contributed by atoms with van der Waals surface area (Å²) in [6.07, 6.45) is -8.83. The number of guanidine groups is 1. The van der Waals surface area contributed by atoms with Gasteiger partial charge in [-0.3, -0.25) is 9.89 Å². The van der Waals surface area contributed by atoms with Crippen LogP contribution in [0.5, 0.6) is 0 Å². The normalized spacial score (nSPS) is 20.8. The Balaban J connectivity index is 2.39. The van der Waals surface area contributed by atoms with E-state index in [1.807, 2.05) is 0 Å². The number of alkyl halides is 6. The lowest BCUT2D eigenvalue weighted by molar-refractivity contribution is -0.143. The van der Waals surface area contributed by atoms with Crippen LogP contribution in [0.1, 0.15) is 19.8 Å². The van der Waals surface area contributed by atoms with E-state index in [1.54, 1.807) is 6.92 Å². The topological polar surface area (TPSA) is 39.7 Å². The summed E-state index contributed by atoms with van der Waals surface area (Å²) >= 11 is 0. The summed E-state index contributed by atoms with van der Waals surface area (Å²) in [5, 5.41) is 5.40. The van der Waals surface area contributed by atoms with Crippen LogP contribution in [0, 0.1) is 5.92 Å². The molecule has 1 saturated heterocycles. The largest absolute Gasteiger partial charge is 0.401 e. The molecule has 0 spiro atoms. The predicted octanol–water partition coefficient (Wildman–Crippen LogP) is 2.38. The number of nitrogens with zero attached hydrogens (tertiary/aromatic N) is 2. The molecular formula is C13H22F6N4. The number of halogens is 6. The molecule has 10 heteroatoms. The fraction of sp³-hybridized carbons (Fsp3) is 0.923. The molecule has 0 bridgehead atoms. The monoisotopic (exact) mass is 348 g/mol. The van der Waals surface area contributed by atoms with E-state index in [0.29, 0.717) is 26.1 Å². The van der Waals surface area contributed by atoms with Gasteiger partial charge in [0.05, 0.1) is 13.0 Å². The van der Waals surface area contributed by atoms with Crippen molar-refractivity contribution in [3.05, 3.63) is 0 Å². The first kappa shape index (κ1) is 19.9. The third-order valence-electron chi connectivity index (χ3n) is 3.33. The molecule has 0 radical (unpaired) electrons. The zero-order valence-corrected chi connectivity index (χ0v) is 12.9. The maximum atomic E-state index is 12.3. The first-order valence-electron chi connectivity index (χ1n) is 7.47. The SMILES string of the molecule is CCNC(=NCC1CCN(CC(F)(F)F)C1)NCCC(F)(F)F. The smallest absolute Gasteiger partial charge is 0.357 e. The summed E-state index contributed by atoms with van der Waals surface area (Å²) < 4.78 is 73.2. The van der Waals surface area contributed by atoms with Gasteiger partial charge in [0.25, 0.3) is 0 Å². The van der Waals surface area contributed by atoms with Crippen LogP contribution in [0.25, 0.3) is 0 Å². The summed E-state index contributed by atoms with van der Waals surface area (Å²) in [5.41, 5.74) is 0. The van der Waals surface area contributed by atoms with Crippen LogP contribution in [-0.4, -0.2) is 62.5 Å². The van der Waals surface area contributed by atoms with Crippen molar-refractivity contribution in [2.24, 2.45) is 10.9 Å². The van der Waals surface area contributed by atoms with Crippen LogP contribution < -0.4 is 10.6 Å². The fourth-order valence-electron chi connectivity index (χ4n) is 2.34. The van der Waals surface area contributed by atoms with E-state index in [1.165, 1.54) is 4.90 Å². The van der Waals surface area contributed by atoms with Gasteiger partial charge < -0.3 is 10.6 Å². The Hall–Kier alpha value is -1.19. The standard InChI is InChI=1S/C13H22F6N4/c1-2-20-11(21-5-4-12(14,15)16)22-7-10-3-6-23(8-10)9-13(17,18)19/h10H,2-9H2,1H3,(H2,20,21,22). The number of likely N-dealkylation sites (tertiary alicyclic amines) is 1. The van der Waals surface area contributed by atoms with Crippen LogP contribution >= 0.6 is 0 Å². The summed E-state index contributed by atoms with van der Waals surface area (Å²) in [4.78, 5) is 5.49. The average Bonchev–Trinajstić information content (AvgIpc) is 2.79. The molecule has 23 heavy (non-hydrogen) atoms. The van der Waals surface area contributed by atoms with Gasteiger partial charge in [-0.1, -0.05) is 0 Å². The Kier molecular flexibility index (Phi) is 7.43. The van der Waals surface area contributed by atoms with E-state index in [9.17, 15) is 26.3 Å². The number of rotatable bonds is 6. The highest BCUT2D eigenvalue weighted by atomic mass is 19.4. The summed E-state index contributed by atoms with van der Waals surface area (Å²) in [5.74, 6) is 0.237. The van der Waals surface area contributed by atoms with Crippen molar-refractivity contribution in [3.63, 3.8) is 0 Å². The Morgan fingerprint density at radius 3 is 2.39 bits per heavy atom. The zero-order valence-electron chi connectivity index (χ0n) is 12.9. The van der Waals surface area contributed by atoms with Gasteiger partial charge in [-0.15, -0.1) is 0 Å². The highest BCUT2D eigenvalue weighted by Crippen LogP contribution is 2.23. The summed E-state index contributed by atoms with van der Waals surface area (Å²) in [7, 11) is 0. The lowest BCUT2D eigenvalue weighted by atomic mass is 10.1. The second kappa shape index (κ2) is 8.60. The number of aliphatic imine (C=N–C) groups is 1. The van der Waals surface area contributed by atoms with E-state index in [0.717, 1.165) is 0 Å². The van der Waals surface area contributed by atoms with Gasteiger partial charge in [0.15, 0.2) is 5.96 Å². The maximum absolute atomic E-state index is 12.3. The quantitative estimate of drug-likeness (QED) is 0.440. The molecule has 0 amide bonds. The molecular weight excluding hydrogens is 326 g/mol. The van der Waals surface area contributed by atoms with Crippen molar-refractivity contribution >= 4 is 5.96 Å². The molecule has 1 rings (SSSR count). The first-order valence-corrected chi connectivity index (χ1v) is 7.47. The van der Waals surface area contributed by atoms with E-state index in [4.69, 9.17) is 0 Å². The number of hydrogen-bond donors (Lipinski definition) is 2. The van der Waals surface area contributed by atoms with E-state index < -0.39 is 25.3 Å². The molecule has 0 aromatic carbocycles. The van der Waals surface area contributed by atoms with Crippen LogP contribution in [0.3, 0.4) is 0 Å². The second-order valence-electron chi connectivity index (χ2n) is 5.52. The highest BCUT2D eigenvalue weighted by molar-refractivity contribution is 5.79. The van der Waals surface area contributed by atoms with Crippen molar-refractivity contribution < 1.29 is 26.3 Å². The molecule has 1 atom stereocenters. The van der Waals surface area contributed by atoms with Crippen LogP contribution in [0.15, 0.2) is 4.99 Å². The Morgan fingerprint density at radius 1 is 1.13 bits per heavy atom. The molecule has 0 aromatic heterocycles. The van der Waals surface area contributed by atoms with Crippen molar-refractivity contribution in [3.8, 4) is 0 Å². The molecule has 0 aliphatic carbocycles. The predicted molar refractivity (Wildman–Crippen MR) is 75.3 cm³/mol. The first-order chi connectivity index (χ1) is 10.6. The minimum Gasteiger partial charge on any atom is -0.357 e. The highest BCUT2D eigenvalue weighted by Gasteiger charge is 2.34. The van der Waals surface area contributed by atoms with Crippen molar-refractivity contribution in [2.45, 2.75) is 32.1 Å². The molecule has 1 heterocycles. The third kappa shape index (κ3) is 9.52. The molecule has 1 unspecified atom stereocenters. The molecule has 0 aromatic rings. The second-order valence-corrected chi connectivity index (χ2v) is 5.52. The van der Waals surface area contributed by atoms with Crippen molar-refractivity contribution in [1.29, 1.82) is 0 Å².